The Morgan fingerprint density at radius 1 is 1.00 bits per heavy atom. The highest BCUT2D eigenvalue weighted by Crippen LogP contribution is 2.44. The van der Waals surface area contributed by atoms with Gasteiger partial charge in [0, 0.05) is 6.42 Å². The second-order valence-electron chi connectivity index (χ2n) is 8.95. The molecule has 0 saturated carbocycles. The van der Waals surface area contributed by atoms with Crippen LogP contribution in [0.1, 0.15) is 73.6 Å². The second kappa shape index (κ2) is 9.14. The van der Waals surface area contributed by atoms with E-state index in [1.54, 1.807) is 0 Å². The van der Waals surface area contributed by atoms with Crippen LogP contribution in [0, 0.1) is 23.7 Å². The molecule has 0 fully saturated rings. The molecule has 0 spiro atoms. The lowest BCUT2D eigenvalue weighted by molar-refractivity contribution is -0.137. The molecule has 5 nitrogen and oxygen atoms in total. The molecular weight excluding hydrogens is 332 g/mol. The van der Waals surface area contributed by atoms with E-state index >= 15 is 0 Å². The van der Waals surface area contributed by atoms with E-state index in [4.69, 9.17) is 0 Å². The third kappa shape index (κ3) is 4.95. The van der Waals surface area contributed by atoms with Crippen LogP contribution in [0.2, 0.25) is 0 Å². The maximum atomic E-state index is 12.9. The van der Waals surface area contributed by atoms with Gasteiger partial charge in [0.05, 0.1) is 12.0 Å². The van der Waals surface area contributed by atoms with Gasteiger partial charge in [-0.2, -0.15) is 0 Å². The number of ketones is 2. The smallest absolute Gasteiger partial charge is 0.176 e. The minimum absolute atomic E-state index is 0.0317. The first kappa shape index (κ1) is 22.8. The van der Waals surface area contributed by atoms with Crippen LogP contribution in [0.3, 0.4) is 0 Å². The summed E-state index contributed by atoms with van der Waals surface area (Å²) in [5, 5.41) is 32.5. The lowest BCUT2D eigenvalue weighted by Crippen LogP contribution is -2.49. The Balaban J connectivity index is 3.24. The van der Waals surface area contributed by atoms with Crippen LogP contribution >= 0.6 is 0 Å². The topological polar surface area (TPSA) is 94.8 Å². The van der Waals surface area contributed by atoms with E-state index in [0.717, 1.165) is 0 Å². The Morgan fingerprint density at radius 3 is 2.00 bits per heavy atom. The normalized spacial score (nSPS) is 25.0. The Kier molecular flexibility index (Phi) is 8.03. The summed E-state index contributed by atoms with van der Waals surface area (Å²) in [6.45, 7) is 11.7. The van der Waals surface area contributed by atoms with Crippen molar-refractivity contribution >= 4 is 11.6 Å². The summed E-state index contributed by atoms with van der Waals surface area (Å²) in [6, 6.07) is 0. The van der Waals surface area contributed by atoms with E-state index < -0.39 is 34.9 Å². The Morgan fingerprint density at radius 2 is 1.54 bits per heavy atom. The summed E-state index contributed by atoms with van der Waals surface area (Å²) in [7, 11) is 0. The van der Waals surface area contributed by atoms with Gasteiger partial charge >= 0.3 is 0 Å². The van der Waals surface area contributed by atoms with Crippen molar-refractivity contribution in [1.29, 1.82) is 0 Å². The Labute approximate surface area is 157 Å². The van der Waals surface area contributed by atoms with Crippen LogP contribution in [-0.2, 0) is 9.59 Å². The number of aliphatic hydroxyl groups is 3. The van der Waals surface area contributed by atoms with E-state index in [9.17, 15) is 24.9 Å². The van der Waals surface area contributed by atoms with E-state index in [1.165, 1.54) is 0 Å². The molecule has 0 radical (unpaired) electrons. The highest BCUT2D eigenvalue weighted by molar-refractivity contribution is 6.23. The average Bonchev–Trinajstić information content (AvgIpc) is 2.69. The van der Waals surface area contributed by atoms with E-state index in [0.29, 0.717) is 31.1 Å². The fraction of sp³-hybridized carbons (Fsp3) is 0.810. The molecular formula is C21H36O5. The zero-order chi connectivity index (χ0) is 20.2. The Hall–Kier alpha value is -1.20. The summed E-state index contributed by atoms with van der Waals surface area (Å²) in [4.78, 5) is 25.4. The molecule has 0 aromatic carbocycles. The quantitative estimate of drug-likeness (QED) is 0.512. The highest BCUT2D eigenvalue weighted by atomic mass is 16.4. The molecule has 1 rings (SSSR count). The molecule has 0 aromatic rings. The minimum atomic E-state index is -2.07. The molecule has 0 aliphatic heterocycles. The molecule has 0 saturated heterocycles. The van der Waals surface area contributed by atoms with Gasteiger partial charge in [-0.15, -0.1) is 0 Å². The summed E-state index contributed by atoms with van der Waals surface area (Å²) in [5.41, 5.74) is -2.37. The number of aliphatic hydroxyl groups excluding tert-OH is 2. The predicted molar refractivity (Wildman–Crippen MR) is 102 cm³/mol. The van der Waals surface area contributed by atoms with Gasteiger partial charge in [-0.1, -0.05) is 48.0 Å². The summed E-state index contributed by atoms with van der Waals surface area (Å²) < 4.78 is 0. The van der Waals surface area contributed by atoms with Crippen molar-refractivity contribution in [2.45, 2.75) is 85.4 Å². The van der Waals surface area contributed by atoms with Gasteiger partial charge < -0.3 is 15.3 Å². The summed E-state index contributed by atoms with van der Waals surface area (Å²) >= 11 is 0. The van der Waals surface area contributed by atoms with Gasteiger partial charge in [-0.05, 0) is 37.0 Å². The fourth-order valence-corrected chi connectivity index (χ4v) is 3.55. The summed E-state index contributed by atoms with van der Waals surface area (Å²) in [6.07, 6.45) is 0.741. The third-order valence-corrected chi connectivity index (χ3v) is 5.14. The molecule has 1 aliphatic carbocycles. The van der Waals surface area contributed by atoms with Crippen molar-refractivity contribution in [3.05, 3.63) is 11.3 Å². The first-order valence-corrected chi connectivity index (χ1v) is 9.84. The molecule has 150 valence electrons. The van der Waals surface area contributed by atoms with Crippen LogP contribution < -0.4 is 0 Å². The van der Waals surface area contributed by atoms with Crippen LogP contribution in [0.15, 0.2) is 11.3 Å². The minimum Gasteiger partial charge on any atom is -0.508 e. The molecule has 0 heterocycles. The number of carbonyl (C=O) groups is 2. The number of hydrogen-bond acceptors (Lipinski definition) is 5. The number of carbonyl (C=O) groups excluding carboxylic acids is 2. The fourth-order valence-electron chi connectivity index (χ4n) is 3.55. The monoisotopic (exact) mass is 368 g/mol. The molecule has 0 unspecified atom stereocenters. The van der Waals surface area contributed by atoms with Crippen molar-refractivity contribution in [3.8, 4) is 0 Å². The molecule has 0 amide bonds. The van der Waals surface area contributed by atoms with Gasteiger partial charge in [0.2, 0.25) is 0 Å². The van der Waals surface area contributed by atoms with Crippen molar-refractivity contribution in [1.82, 2.24) is 0 Å². The lowest BCUT2D eigenvalue weighted by Gasteiger charge is -2.34. The highest BCUT2D eigenvalue weighted by Gasteiger charge is 2.58. The van der Waals surface area contributed by atoms with Gasteiger partial charge in [-0.3, -0.25) is 9.59 Å². The molecule has 0 aromatic heterocycles. The number of allylic oxidation sites excluding steroid dienone is 1. The molecule has 3 atom stereocenters. The van der Waals surface area contributed by atoms with Gasteiger partial charge in [0.1, 0.15) is 11.3 Å². The van der Waals surface area contributed by atoms with Gasteiger partial charge in [-0.25, -0.2) is 0 Å². The van der Waals surface area contributed by atoms with Crippen molar-refractivity contribution in [2.24, 2.45) is 23.7 Å². The number of rotatable bonds is 10. The molecule has 5 heteroatoms. The SMILES string of the molecule is CC(C)CC[C@H](O)[C@]1(O)C(O)=C(C(=O)CC(C)C)C(=O)[C@@H]1CCC(C)C. The largest absolute Gasteiger partial charge is 0.508 e. The number of Topliss-reactive ketones (excluding diaryl/α,β-unsaturated/α-hetero) is 2. The van der Waals surface area contributed by atoms with Crippen LogP contribution in [0.4, 0.5) is 0 Å². The summed E-state index contributed by atoms with van der Waals surface area (Å²) in [5.74, 6) is -1.94. The van der Waals surface area contributed by atoms with Crippen molar-refractivity contribution < 1.29 is 24.9 Å². The molecule has 1 aliphatic rings. The maximum absolute atomic E-state index is 12.9. The second-order valence-corrected chi connectivity index (χ2v) is 8.95. The van der Waals surface area contributed by atoms with Crippen LogP contribution in [0.25, 0.3) is 0 Å². The molecule has 3 N–H and O–H groups in total. The van der Waals surface area contributed by atoms with Crippen molar-refractivity contribution in [3.63, 3.8) is 0 Å². The number of hydrogen-bond donors (Lipinski definition) is 3. The first-order chi connectivity index (χ1) is 11.9. The Bertz CT molecular complexity index is 547. The third-order valence-electron chi connectivity index (χ3n) is 5.14. The van der Waals surface area contributed by atoms with E-state index in [-0.39, 0.29) is 24.3 Å². The van der Waals surface area contributed by atoms with E-state index in [1.807, 2.05) is 41.5 Å². The average molecular weight is 369 g/mol. The maximum Gasteiger partial charge on any atom is 0.176 e. The van der Waals surface area contributed by atoms with Crippen LogP contribution in [-0.4, -0.2) is 38.6 Å². The van der Waals surface area contributed by atoms with Crippen molar-refractivity contribution in [2.75, 3.05) is 0 Å². The zero-order valence-corrected chi connectivity index (χ0v) is 17.1. The van der Waals surface area contributed by atoms with Crippen LogP contribution in [0.5, 0.6) is 0 Å². The standard InChI is InChI=1S/C21H36O5/c1-12(2)7-9-15-19(24)18(16(22)11-14(5)6)20(25)21(15,26)17(23)10-8-13(3)4/h12-15,17,23,25-26H,7-11H2,1-6H3/t15-,17-,21-/m0/s1. The zero-order valence-electron chi connectivity index (χ0n) is 17.1. The molecule has 0 bridgehead atoms. The predicted octanol–water partition coefficient (Wildman–Crippen LogP) is 3.58. The lowest BCUT2D eigenvalue weighted by atomic mass is 9.78. The first-order valence-electron chi connectivity index (χ1n) is 9.84. The van der Waals surface area contributed by atoms with Gasteiger partial charge in [0.25, 0.3) is 0 Å². The molecule has 26 heavy (non-hydrogen) atoms. The van der Waals surface area contributed by atoms with E-state index in [2.05, 4.69) is 0 Å². The van der Waals surface area contributed by atoms with Gasteiger partial charge in [0.15, 0.2) is 17.2 Å².